The Balaban J connectivity index is 2.43. The first-order chi connectivity index (χ1) is 11.1. The van der Waals surface area contributed by atoms with Crippen LogP contribution in [-0.2, 0) is 4.79 Å². The smallest absolute Gasteiger partial charge is 0.277 e. The fourth-order valence-electron chi connectivity index (χ4n) is 2.10. The van der Waals surface area contributed by atoms with E-state index in [9.17, 15) is 19.7 Å². The average Bonchev–Trinajstić information content (AvgIpc) is 2.55. The standard InChI is InChI=1S/C15H11Cl3N2O4/c1-7-10(16)13(21)15(2,18)12(17)11(7)19-14(22)8-3-5-9(6-4-8)20(23)24/h3-6,12H,1-2H3. The van der Waals surface area contributed by atoms with E-state index in [0.717, 1.165) is 0 Å². The summed E-state index contributed by atoms with van der Waals surface area (Å²) in [7, 11) is 0. The Hall–Kier alpha value is -1.76. The molecule has 2 rings (SSSR count). The second-order valence-electron chi connectivity index (χ2n) is 5.31. The van der Waals surface area contributed by atoms with E-state index in [1.165, 1.54) is 38.1 Å². The molecule has 1 aromatic rings. The molecule has 0 spiro atoms. The van der Waals surface area contributed by atoms with E-state index in [4.69, 9.17) is 34.8 Å². The number of alkyl halides is 2. The van der Waals surface area contributed by atoms with E-state index >= 15 is 0 Å². The van der Waals surface area contributed by atoms with E-state index < -0.39 is 26.9 Å². The number of ketones is 1. The van der Waals surface area contributed by atoms with Gasteiger partial charge in [-0.3, -0.25) is 19.7 Å². The van der Waals surface area contributed by atoms with Crippen molar-refractivity contribution in [2.45, 2.75) is 24.1 Å². The number of rotatable bonds is 2. The van der Waals surface area contributed by atoms with Gasteiger partial charge in [-0.1, -0.05) is 11.6 Å². The summed E-state index contributed by atoms with van der Waals surface area (Å²) in [5, 5.41) is 9.46. The molecule has 1 aliphatic rings. The van der Waals surface area contributed by atoms with Gasteiger partial charge in [-0.15, -0.1) is 23.2 Å². The molecular formula is C15H11Cl3N2O4. The summed E-state index contributed by atoms with van der Waals surface area (Å²) in [6, 6.07) is 4.94. The molecule has 0 fully saturated rings. The summed E-state index contributed by atoms with van der Waals surface area (Å²) < 4.78 is 0. The molecular weight excluding hydrogens is 379 g/mol. The maximum atomic E-state index is 12.3. The van der Waals surface area contributed by atoms with Crippen molar-refractivity contribution in [1.82, 2.24) is 0 Å². The number of carbonyl (C=O) groups excluding carboxylic acids is 2. The van der Waals surface area contributed by atoms with E-state index in [1.54, 1.807) is 0 Å². The van der Waals surface area contributed by atoms with Gasteiger partial charge in [0.2, 0.25) is 0 Å². The maximum Gasteiger partial charge on any atom is 0.277 e. The molecule has 0 saturated heterocycles. The molecule has 0 saturated carbocycles. The van der Waals surface area contributed by atoms with Crippen molar-refractivity contribution in [1.29, 1.82) is 0 Å². The first-order valence-electron chi connectivity index (χ1n) is 6.69. The number of aliphatic imine (C=N–C) groups is 1. The highest BCUT2D eigenvalue weighted by atomic mass is 35.5. The minimum Gasteiger partial charge on any atom is -0.291 e. The van der Waals surface area contributed by atoms with Gasteiger partial charge in [0.25, 0.3) is 11.6 Å². The van der Waals surface area contributed by atoms with Crippen LogP contribution >= 0.6 is 34.8 Å². The Morgan fingerprint density at radius 1 is 1.33 bits per heavy atom. The van der Waals surface area contributed by atoms with Gasteiger partial charge in [-0.05, 0) is 31.6 Å². The van der Waals surface area contributed by atoms with Crippen LogP contribution in [0.5, 0.6) is 0 Å². The highest BCUT2D eigenvalue weighted by Crippen LogP contribution is 2.38. The van der Waals surface area contributed by atoms with Gasteiger partial charge in [0, 0.05) is 17.7 Å². The van der Waals surface area contributed by atoms with Crippen molar-refractivity contribution in [2.75, 3.05) is 0 Å². The van der Waals surface area contributed by atoms with Crippen LogP contribution in [-0.4, -0.2) is 32.6 Å². The van der Waals surface area contributed by atoms with Gasteiger partial charge >= 0.3 is 0 Å². The highest BCUT2D eigenvalue weighted by molar-refractivity contribution is 6.59. The summed E-state index contributed by atoms with van der Waals surface area (Å²) in [6.45, 7) is 2.92. The van der Waals surface area contributed by atoms with Crippen molar-refractivity contribution in [3.05, 3.63) is 50.5 Å². The third-order valence-corrected chi connectivity index (χ3v) is 5.22. The first-order valence-corrected chi connectivity index (χ1v) is 7.88. The zero-order valence-electron chi connectivity index (χ0n) is 12.5. The lowest BCUT2D eigenvalue weighted by molar-refractivity contribution is -0.384. The van der Waals surface area contributed by atoms with Crippen molar-refractivity contribution in [3.8, 4) is 0 Å². The minimum absolute atomic E-state index is 0.0992. The van der Waals surface area contributed by atoms with Crippen molar-refractivity contribution in [3.63, 3.8) is 0 Å². The van der Waals surface area contributed by atoms with Crippen LogP contribution in [0.2, 0.25) is 0 Å². The Bertz CT molecular complexity index is 797. The third-order valence-electron chi connectivity index (χ3n) is 3.62. The number of Topliss-reactive ketones (excluding diaryl/α,β-unsaturated/α-hetero) is 1. The maximum absolute atomic E-state index is 12.3. The van der Waals surface area contributed by atoms with Gasteiger partial charge < -0.3 is 0 Å². The number of non-ortho nitro benzene ring substituents is 1. The number of hydrogen-bond acceptors (Lipinski definition) is 4. The van der Waals surface area contributed by atoms with E-state index in [2.05, 4.69) is 4.99 Å². The molecule has 2 unspecified atom stereocenters. The average molecular weight is 390 g/mol. The fraction of sp³-hybridized carbons (Fsp3) is 0.267. The molecule has 1 aromatic carbocycles. The lowest BCUT2D eigenvalue weighted by Crippen LogP contribution is -2.48. The number of carbonyl (C=O) groups is 2. The van der Waals surface area contributed by atoms with Crippen molar-refractivity contribution < 1.29 is 14.5 Å². The first kappa shape index (κ1) is 18.6. The second-order valence-corrected chi connectivity index (χ2v) is 6.91. The number of nitrogens with zero attached hydrogens (tertiary/aromatic N) is 2. The van der Waals surface area contributed by atoms with Crippen LogP contribution in [0, 0.1) is 10.1 Å². The molecule has 126 valence electrons. The van der Waals surface area contributed by atoms with Crippen LogP contribution in [0.4, 0.5) is 5.69 Å². The number of hydrogen-bond donors (Lipinski definition) is 0. The summed E-state index contributed by atoms with van der Waals surface area (Å²) in [5.74, 6) is -1.21. The zero-order chi connectivity index (χ0) is 18.2. The molecule has 9 heteroatoms. The van der Waals surface area contributed by atoms with Crippen LogP contribution in [0.1, 0.15) is 24.2 Å². The molecule has 0 bridgehead atoms. The Kier molecular flexibility index (Phi) is 5.13. The number of amides is 1. The second kappa shape index (κ2) is 6.63. The fourth-order valence-corrected chi connectivity index (χ4v) is 2.95. The molecule has 0 aliphatic heterocycles. The van der Waals surface area contributed by atoms with Crippen molar-refractivity contribution in [2.24, 2.45) is 4.99 Å². The van der Waals surface area contributed by atoms with Gasteiger partial charge in [0.1, 0.15) is 10.3 Å². The molecule has 6 nitrogen and oxygen atoms in total. The SMILES string of the molecule is CC1=C(Cl)C(=O)C(C)(Cl)C(Cl)C1=NC(=O)c1ccc([N+](=O)[O-])cc1. The van der Waals surface area contributed by atoms with E-state index in [-0.39, 0.29) is 27.6 Å². The van der Waals surface area contributed by atoms with Gasteiger partial charge in [0.05, 0.1) is 15.7 Å². The van der Waals surface area contributed by atoms with Crippen LogP contribution in [0.3, 0.4) is 0 Å². The number of nitro benzene ring substituents is 1. The third kappa shape index (κ3) is 3.22. The quantitative estimate of drug-likeness (QED) is 0.436. The van der Waals surface area contributed by atoms with Crippen molar-refractivity contribution >= 4 is 57.9 Å². The van der Waals surface area contributed by atoms with Gasteiger partial charge in [0.15, 0.2) is 5.78 Å². The van der Waals surface area contributed by atoms with E-state index in [0.29, 0.717) is 0 Å². The number of allylic oxidation sites excluding steroid dienone is 2. The minimum atomic E-state index is -1.52. The number of nitro groups is 1. The molecule has 24 heavy (non-hydrogen) atoms. The molecule has 0 heterocycles. The monoisotopic (exact) mass is 388 g/mol. The van der Waals surface area contributed by atoms with E-state index in [1.807, 2.05) is 0 Å². The predicted molar refractivity (Wildman–Crippen MR) is 92.3 cm³/mol. The largest absolute Gasteiger partial charge is 0.291 e. The molecule has 0 radical (unpaired) electrons. The van der Waals surface area contributed by atoms with Gasteiger partial charge in [-0.2, -0.15) is 0 Å². The summed E-state index contributed by atoms with van der Waals surface area (Å²) >= 11 is 18.3. The van der Waals surface area contributed by atoms with Gasteiger partial charge in [-0.25, -0.2) is 4.99 Å². The topological polar surface area (TPSA) is 89.6 Å². The Morgan fingerprint density at radius 3 is 2.38 bits per heavy atom. The van der Waals surface area contributed by atoms with Crippen LogP contribution in [0.25, 0.3) is 0 Å². The predicted octanol–water partition coefficient (Wildman–Crippen LogP) is 3.88. The summed E-state index contributed by atoms with van der Waals surface area (Å²) in [4.78, 5) is 36.8. The Labute approximate surface area is 152 Å². The molecule has 1 amide bonds. The summed E-state index contributed by atoms with van der Waals surface area (Å²) in [5.41, 5.74) is 0.358. The Morgan fingerprint density at radius 2 is 1.88 bits per heavy atom. The number of benzene rings is 1. The molecule has 0 N–H and O–H groups in total. The van der Waals surface area contributed by atoms with Crippen LogP contribution in [0.15, 0.2) is 39.9 Å². The lowest BCUT2D eigenvalue weighted by Gasteiger charge is -2.32. The van der Waals surface area contributed by atoms with Crippen LogP contribution < -0.4 is 0 Å². The number of halogens is 3. The molecule has 2 atom stereocenters. The molecule has 1 aliphatic carbocycles. The normalized spacial score (nSPS) is 26.0. The summed E-state index contributed by atoms with van der Waals surface area (Å²) in [6.07, 6.45) is 0. The lowest BCUT2D eigenvalue weighted by atomic mass is 9.87. The highest BCUT2D eigenvalue weighted by Gasteiger charge is 2.47. The molecule has 0 aromatic heterocycles. The zero-order valence-corrected chi connectivity index (χ0v) is 14.8.